The molecule has 11 nitrogen and oxygen atoms in total. The van der Waals surface area contributed by atoms with E-state index in [4.69, 9.17) is 30.1 Å². The predicted molar refractivity (Wildman–Crippen MR) is 131 cm³/mol. The van der Waals surface area contributed by atoms with E-state index in [0.717, 1.165) is 55.8 Å². The van der Waals surface area contributed by atoms with Gasteiger partial charge in [-0.05, 0) is 31.6 Å². The predicted octanol–water partition coefficient (Wildman–Crippen LogP) is 1.35. The topological polar surface area (TPSA) is 161 Å². The summed E-state index contributed by atoms with van der Waals surface area (Å²) in [6, 6.07) is 0.845. The van der Waals surface area contributed by atoms with E-state index in [1.165, 1.54) is 24.1 Å². The second kappa shape index (κ2) is 12.8. The first-order valence-electron chi connectivity index (χ1n) is 12.5. The maximum absolute atomic E-state index is 12.3. The first kappa shape index (κ1) is 28.3. The minimum atomic E-state index is -2.27. The van der Waals surface area contributed by atoms with Crippen LogP contribution in [0.5, 0.6) is 5.19 Å². The number of thiazole rings is 1. The van der Waals surface area contributed by atoms with Crippen LogP contribution in [0.15, 0.2) is 0 Å². The molecule has 1 aliphatic carbocycles. The van der Waals surface area contributed by atoms with Crippen LogP contribution in [0.2, 0.25) is 0 Å². The molecule has 1 saturated carbocycles. The Hall–Kier alpha value is -2.28. The van der Waals surface area contributed by atoms with Gasteiger partial charge in [-0.1, -0.05) is 31.6 Å². The number of nitrogens with zero attached hydrogens (tertiary/aromatic N) is 3. The minimum Gasteiger partial charge on any atom is -0.479 e. The smallest absolute Gasteiger partial charge is 0.335 e. The molecule has 0 radical (unpaired) electrons. The molecular weight excluding hydrogens is 490 g/mol. The van der Waals surface area contributed by atoms with Gasteiger partial charge in [0.1, 0.15) is 6.10 Å². The number of amides is 1. The molecule has 2 atom stereocenters. The number of aromatic nitrogens is 1. The zero-order chi connectivity index (χ0) is 26.4. The molecule has 1 aromatic rings. The lowest BCUT2D eigenvalue weighted by Gasteiger charge is -2.41. The van der Waals surface area contributed by atoms with Gasteiger partial charge in [-0.3, -0.25) is 4.79 Å². The van der Waals surface area contributed by atoms with E-state index in [9.17, 15) is 14.4 Å². The fraction of sp³-hybridized carbons (Fsp3) is 0.750. The average Bonchev–Trinajstić information content (AvgIpc) is 3.19. The van der Waals surface area contributed by atoms with E-state index in [1.54, 1.807) is 11.3 Å². The number of hydrogen-bond acceptors (Lipinski definition) is 9. The maximum atomic E-state index is 12.3. The van der Waals surface area contributed by atoms with Gasteiger partial charge in [-0.2, -0.15) is 0 Å². The van der Waals surface area contributed by atoms with Gasteiger partial charge in [0.25, 0.3) is 5.19 Å². The number of carbonyl (C=O) groups excluding carboxylic acids is 1. The number of hydrogen-bond donors (Lipinski definition) is 4. The Kier molecular flexibility index (Phi) is 10.1. The van der Waals surface area contributed by atoms with Gasteiger partial charge in [-0.25, -0.2) is 14.6 Å². The minimum absolute atomic E-state index is 0.268. The summed E-state index contributed by atoms with van der Waals surface area (Å²) in [5, 5.41) is 33.3. The Labute approximate surface area is 214 Å². The van der Waals surface area contributed by atoms with Gasteiger partial charge < -0.3 is 35.0 Å². The van der Waals surface area contributed by atoms with Crippen LogP contribution in [0.25, 0.3) is 0 Å². The zero-order valence-electron chi connectivity index (χ0n) is 20.8. The molecule has 4 rings (SSSR count). The summed E-state index contributed by atoms with van der Waals surface area (Å²) in [5.41, 5.74) is 1.14. The van der Waals surface area contributed by atoms with Crippen molar-refractivity contribution in [3.8, 4) is 5.19 Å². The van der Waals surface area contributed by atoms with Crippen molar-refractivity contribution >= 4 is 29.2 Å². The molecule has 3 heterocycles. The van der Waals surface area contributed by atoms with Crippen LogP contribution >= 0.6 is 11.3 Å². The molecule has 1 aromatic heterocycles. The molecule has 3 aliphatic rings. The Morgan fingerprint density at radius 3 is 2.14 bits per heavy atom. The first-order valence-corrected chi connectivity index (χ1v) is 13.4. The van der Waals surface area contributed by atoms with Gasteiger partial charge >= 0.3 is 11.9 Å². The first-order chi connectivity index (χ1) is 17.0. The highest BCUT2D eigenvalue weighted by atomic mass is 32.1. The number of ether oxygens (including phenoxy) is 1. The molecule has 4 N–H and O–H groups in total. The van der Waals surface area contributed by atoms with Gasteiger partial charge in [0, 0.05) is 38.5 Å². The second-order valence-corrected chi connectivity index (χ2v) is 11.1. The molecular formula is C24H37N3O8S. The lowest BCUT2D eigenvalue weighted by molar-refractivity contribution is -0.165. The third-order valence-corrected chi connectivity index (χ3v) is 7.76. The largest absolute Gasteiger partial charge is 0.479 e. The fourth-order valence-corrected chi connectivity index (χ4v) is 5.47. The Balaban J connectivity index is 0.000000308. The van der Waals surface area contributed by atoms with Crippen LogP contribution in [-0.2, 0) is 27.3 Å². The lowest BCUT2D eigenvalue weighted by atomic mass is 9.90. The van der Waals surface area contributed by atoms with E-state index in [2.05, 4.69) is 18.7 Å². The van der Waals surface area contributed by atoms with Crippen LogP contribution in [0.3, 0.4) is 0 Å². The van der Waals surface area contributed by atoms with Crippen LogP contribution in [0.1, 0.15) is 62.9 Å². The molecule has 0 aromatic carbocycles. The van der Waals surface area contributed by atoms with E-state index in [1.807, 2.05) is 4.90 Å². The standard InChI is InChI=1S/C20H31N3O2S.C4H6O6/c1-14(2)12-19(24)23-11-8-17-18(13-23)26-20(21-17)25-16-6-9-22(10-7-16)15-4-3-5-15;5-1(3(7)8)2(6)4(9)10/h14-16H,3-13H2,1-2H3;1-2,5-6H,(H,7,8)(H,9,10). The number of fused-ring (bicyclic) bond motifs is 1. The maximum Gasteiger partial charge on any atom is 0.335 e. The lowest BCUT2D eigenvalue weighted by Crippen LogP contribution is -2.46. The number of carboxylic acid groups (broad SMARTS) is 2. The van der Waals surface area contributed by atoms with Crippen molar-refractivity contribution in [1.82, 2.24) is 14.8 Å². The van der Waals surface area contributed by atoms with Crippen LogP contribution in [0, 0.1) is 5.92 Å². The summed E-state index contributed by atoms with van der Waals surface area (Å²) in [5.74, 6) is -2.86. The van der Waals surface area contributed by atoms with Crippen LogP contribution in [-0.4, -0.2) is 97.0 Å². The fourth-order valence-electron chi connectivity index (χ4n) is 4.44. The highest BCUT2D eigenvalue weighted by molar-refractivity contribution is 7.13. The van der Waals surface area contributed by atoms with Gasteiger partial charge in [0.15, 0.2) is 12.2 Å². The summed E-state index contributed by atoms with van der Waals surface area (Å²) in [7, 11) is 0. The summed E-state index contributed by atoms with van der Waals surface area (Å²) in [4.78, 5) is 42.5. The second-order valence-electron chi connectivity index (χ2n) is 10.0. The number of rotatable bonds is 8. The number of likely N-dealkylation sites (tertiary alicyclic amines) is 1. The Morgan fingerprint density at radius 2 is 1.64 bits per heavy atom. The molecule has 1 amide bonds. The van der Waals surface area contributed by atoms with E-state index >= 15 is 0 Å². The molecule has 36 heavy (non-hydrogen) atoms. The molecule has 202 valence electrons. The average molecular weight is 528 g/mol. The highest BCUT2D eigenvalue weighted by Gasteiger charge is 2.31. The number of aliphatic hydroxyl groups excluding tert-OH is 2. The molecule has 2 aliphatic heterocycles. The summed E-state index contributed by atoms with van der Waals surface area (Å²) < 4.78 is 6.23. The number of aliphatic carboxylic acids is 2. The highest BCUT2D eigenvalue weighted by Crippen LogP contribution is 2.33. The quantitative estimate of drug-likeness (QED) is 0.388. The third-order valence-electron chi connectivity index (χ3n) is 6.79. The van der Waals surface area contributed by atoms with Crippen LogP contribution in [0.4, 0.5) is 0 Å². The van der Waals surface area contributed by atoms with Crippen molar-refractivity contribution in [1.29, 1.82) is 0 Å². The van der Waals surface area contributed by atoms with Crippen molar-refractivity contribution in [3.05, 3.63) is 10.6 Å². The molecule has 1 saturated heterocycles. The van der Waals surface area contributed by atoms with Crippen molar-refractivity contribution in [2.75, 3.05) is 19.6 Å². The van der Waals surface area contributed by atoms with Crippen molar-refractivity contribution in [2.45, 2.75) is 89.7 Å². The Morgan fingerprint density at radius 1 is 1.03 bits per heavy atom. The number of aliphatic hydroxyl groups is 2. The number of carbonyl (C=O) groups is 3. The van der Waals surface area contributed by atoms with Crippen molar-refractivity contribution in [2.24, 2.45) is 5.92 Å². The van der Waals surface area contributed by atoms with Gasteiger partial charge in [0.2, 0.25) is 5.91 Å². The zero-order valence-corrected chi connectivity index (χ0v) is 21.7. The van der Waals surface area contributed by atoms with Gasteiger partial charge in [-0.15, -0.1) is 0 Å². The molecule has 2 unspecified atom stereocenters. The van der Waals surface area contributed by atoms with Gasteiger partial charge in [0.05, 0.1) is 17.1 Å². The van der Waals surface area contributed by atoms with Crippen molar-refractivity contribution in [3.63, 3.8) is 0 Å². The van der Waals surface area contributed by atoms with Crippen LogP contribution < -0.4 is 4.74 Å². The van der Waals surface area contributed by atoms with E-state index < -0.39 is 24.1 Å². The third kappa shape index (κ3) is 7.61. The number of carboxylic acids is 2. The van der Waals surface area contributed by atoms with Crippen molar-refractivity contribution < 1.29 is 39.5 Å². The summed E-state index contributed by atoms with van der Waals surface area (Å²) in [6.07, 6.45) is 3.67. The SMILES string of the molecule is CC(C)CC(=O)N1CCc2nc(OC3CCN(C4CCC4)CC3)sc2C1.O=C(O)C(O)C(O)C(=O)O. The summed E-state index contributed by atoms with van der Waals surface area (Å²) in [6.45, 7) is 8.03. The van der Waals surface area contributed by atoms with E-state index in [-0.39, 0.29) is 5.91 Å². The normalized spacial score (nSPS) is 20.5. The molecule has 12 heteroatoms. The molecule has 0 spiro atoms. The summed E-state index contributed by atoms with van der Waals surface area (Å²) >= 11 is 1.65. The molecule has 0 bridgehead atoms. The monoisotopic (exact) mass is 527 g/mol. The van der Waals surface area contributed by atoms with E-state index in [0.29, 0.717) is 25.0 Å². The Bertz CT molecular complexity index is 893. The molecule has 2 fully saturated rings. The number of piperidine rings is 1.